The van der Waals surface area contributed by atoms with E-state index in [0.29, 0.717) is 49.2 Å². The number of ether oxygens (including phenoxy) is 1. The van der Waals surface area contributed by atoms with E-state index in [9.17, 15) is 19.5 Å². The van der Waals surface area contributed by atoms with Crippen LogP contribution < -0.4 is 5.32 Å². The van der Waals surface area contributed by atoms with Crippen LogP contribution in [0.1, 0.15) is 40.6 Å². The molecule has 2 fully saturated rings. The van der Waals surface area contributed by atoms with Crippen LogP contribution in [0.5, 0.6) is 0 Å². The number of nitrogens with one attached hydrogen (secondary N) is 1. The average Bonchev–Trinajstić information content (AvgIpc) is 3.46. The van der Waals surface area contributed by atoms with E-state index in [1.165, 1.54) is 16.2 Å². The van der Waals surface area contributed by atoms with Gasteiger partial charge in [0.2, 0.25) is 5.91 Å². The molecule has 5 rings (SSSR count). The Balaban J connectivity index is 1.46. The monoisotopic (exact) mass is 444 g/mol. The van der Waals surface area contributed by atoms with E-state index in [0.717, 1.165) is 24.8 Å². The van der Waals surface area contributed by atoms with Gasteiger partial charge in [0, 0.05) is 18.0 Å². The molecular weight excluding hydrogens is 416 g/mol. The highest BCUT2D eigenvalue weighted by Gasteiger charge is 2.52. The fourth-order valence-electron chi connectivity index (χ4n) is 5.70. The van der Waals surface area contributed by atoms with Crippen molar-refractivity contribution in [2.45, 2.75) is 32.6 Å². The first-order valence-corrected chi connectivity index (χ1v) is 12.0. The quantitative estimate of drug-likeness (QED) is 0.697. The molecular formula is C23H28N2O5S. The minimum atomic E-state index is -0.916. The van der Waals surface area contributed by atoms with Crippen molar-refractivity contribution in [3.05, 3.63) is 28.2 Å². The molecule has 1 aliphatic heterocycles. The van der Waals surface area contributed by atoms with Crippen molar-refractivity contribution in [3.8, 4) is 0 Å². The van der Waals surface area contributed by atoms with E-state index in [1.807, 2.05) is 12.2 Å². The molecule has 7 nitrogen and oxygen atoms in total. The predicted octanol–water partition coefficient (Wildman–Crippen LogP) is 2.81. The largest absolute Gasteiger partial charge is 0.481 e. The van der Waals surface area contributed by atoms with Crippen LogP contribution in [-0.2, 0) is 27.2 Å². The van der Waals surface area contributed by atoms with Crippen LogP contribution >= 0.6 is 11.3 Å². The van der Waals surface area contributed by atoms with Crippen LogP contribution in [0.4, 0.5) is 5.00 Å². The lowest BCUT2D eigenvalue weighted by molar-refractivity contribution is -0.146. The average molecular weight is 445 g/mol. The molecule has 166 valence electrons. The summed E-state index contributed by atoms with van der Waals surface area (Å²) in [6.07, 6.45) is 7.41. The molecule has 0 aromatic carbocycles. The summed E-state index contributed by atoms with van der Waals surface area (Å²) < 4.78 is 5.40. The van der Waals surface area contributed by atoms with Gasteiger partial charge in [-0.15, -0.1) is 11.3 Å². The lowest BCUT2D eigenvalue weighted by atomic mass is 9.82. The van der Waals surface area contributed by atoms with Gasteiger partial charge in [-0.25, -0.2) is 0 Å². The van der Waals surface area contributed by atoms with Gasteiger partial charge in [-0.2, -0.15) is 0 Å². The Kier molecular flexibility index (Phi) is 5.38. The van der Waals surface area contributed by atoms with E-state index in [2.05, 4.69) is 12.2 Å². The molecule has 1 aromatic heterocycles. The molecule has 1 saturated carbocycles. The Morgan fingerprint density at radius 1 is 1.16 bits per heavy atom. The number of hydrogen-bond donors (Lipinski definition) is 2. The molecule has 8 heteroatoms. The third-order valence-electron chi connectivity index (χ3n) is 7.31. The number of carbonyl (C=O) groups excluding carboxylic acids is 2. The summed E-state index contributed by atoms with van der Waals surface area (Å²) in [5.74, 6) is -2.08. The number of carboxylic acid groups (broad SMARTS) is 1. The van der Waals surface area contributed by atoms with Gasteiger partial charge in [0.25, 0.3) is 5.91 Å². The molecule has 1 aromatic rings. The number of carboxylic acids is 1. The molecule has 2 N–H and O–H groups in total. The molecule has 4 aliphatic rings. The first kappa shape index (κ1) is 20.7. The second kappa shape index (κ2) is 8.06. The number of fused-ring (bicyclic) bond motifs is 3. The number of anilines is 1. The van der Waals surface area contributed by atoms with E-state index in [-0.39, 0.29) is 23.7 Å². The number of rotatable bonds is 4. The Morgan fingerprint density at radius 3 is 2.58 bits per heavy atom. The number of morpholine rings is 1. The maximum Gasteiger partial charge on any atom is 0.307 e. The first-order valence-electron chi connectivity index (χ1n) is 11.2. The second-order valence-electron chi connectivity index (χ2n) is 9.29. The standard InChI is InChI=1S/C23H28N2O5S/c1-12-2-5-15-16(10-12)31-21(19(15)22(27)25-6-8-30-9-7-25)24-20(26)17-13-3-4-14(11-13)18(17)23(28)29/h3-4,12-14,17-18H,2,5-11H2,1H3,(H,24,26)(H,28,29)/t12-,13+,14+,17+,18+/m1/s1. The van der Waals surface area contributed by atoms with Crippen LogP contribution in [0.2, 0.25) is 0 Å². The normalized spacial score (nSPS) is 31.5. The number of amides is 2. The summed E-state index contributed by atoms with van der Waals surface area (Å²) >= 11 is 1.50. The highest BCUT2D eigenvalue weighted by atomic mass is 32.1. The topological polar surface area (TPSA) is 95.9 Å². The number of allylic oxidation sites excluding steroid dienone is 2. The molecule has 2 heterocycles. The van der Waals surface area contributed by atoms with Crippen molar-refractivity contribution in [2.24, 2.45) is 29.6 Å². The summed E-state index contributed by atoms with van der Waals surface area (Å²) in [6.45, 7) is 4.35. The number of aliphatic carboxylic acids is 1. The highest BCUT2D eigenvalue weighted by Crippen LogP contribution is 2.49. The second-order valence-corrected chi connectivity index (χ2v) is 10.4. The third-order valence-corrected chi connectivity index (χ3v) is 8.48. The lowest BCUT2D eigenvalue weighted by Gasteiger charge is -2.28. The SMILES string of the molecule is C[C@@H]1CCc2c(sc(NC(=O)[C@@H]3[C@@H](C(=O)O)[C@H]4C=C[C@H]3C4)c2C(=O)N2CCOCC2)C1. The minimum absolute atomic E-state index is 0.0425. The van der Waals surface area contributed by atoms with Crippen molar-refractivity contribution in [2.75, 3.05) is 31.6 Å². The maximum atomic E-state index is 13.5. The predicted molar refractivity (Wildman–Crippen MR) is 116 cm³/mol. The summed E-state index contributed by atoms with van der Waals surface area (Å²) in [6, 6.07) is 0. The van der Waals surface area contributed by atoms with Gasteiger partial charge >= 0.3 is 5.97 Å². The molecule has 0 unspecified atom stereocenters. The number of nitrogens with zero attached hydrogens (tertiary/aromatic N) is 1. The van der Waals surface area contributed by atoms with Gasteiger partial charge in [0.15, 0.2) is 0 Å². The summed E-state index contributed by atoms with van der Waals surface area (Å²) in [5, 5.41) is 13.3. The summed E-state index contributed by atoms with van der Waals surface area (Å²) in [7, 11) is 0. The molecule has 5 atom stereocenters. The maximum absolute atomic E-state index is 13.5. The van der Waals surface area contributed by atoms with Crippen molar-refractivity contribution >= 4 is 34.1 Å². The molecule has 2 bridgehead atoms. The van der Waals surface area contributed by atoms with Crippen LogP contribution in [0.15, 0.2) is 12.2 Å². The number of thiophene rings is 1. The van der Waals surface area contributed by atoms with Gasteiger partial charge in [-0.1, -0.05) is 19.1 Å². The zero-order valence-corrected chi connectivity index (χ0v) is 18.5. The molecule has 1 saturated heterocycles. The Hall–Kier alpha value is -2.19. The molecule has 2 amide bonds. The zero-order chi connectivity index (χ0) is 21.7. The Labute approximate surface area is 185 Å². The fourth-order valence-corrected chi connectivity index (χ4v) is 7.11. The highest BCUT2D eigenvalue weighted by molar-refractivity contribution is 7.17. The van der Waals surface area contributed by atoms with Crippen molar-refractivity contribution in [1.82, 2.24) is 4.90 Å². The molecule has 0 radical (unpaired) electrons. The van der Waals surface area contributed by atoms with Gasteiger partial charge < -0.3 is 20.1 Å². The van der Waals surface area contributed by atoms with Crippen molar-refractivity contribution in [1.29, 1.82) is 0 Å². The van der Waals surface area contributed by atoms with Gasteiger partial charge in [-0.05, 0) is 49.0 Å². The van der Waals surface area contributed by atoms with Gasteiger partial charge in [0.05, 0.1) is 30.6 Å². The van der Waals surface area contributed by atoms with E-state index in [1.54, 1.807) is 4.90 Å². The molecule has 31 heavy (non-hydrogen) atoms. The van der Waals surface area contributed by atoms with Crippen LogP contribution in [-0.4, -0.2) is 54.1 Å². The van der Waals surface area contributed by atoms with Crippen LogP contribution in [0.3, 0.4) is 0 Å². The van der Waals surface area contributed by atoms with Crippen molar-refractivity contribution < 1.29 is 24.2 Å². The van der Waals surface area contributed by atoms with Crippen LogP contribution in [0, 0.1) is 29.6 Å². The fraction of sp³-hybridized carbons (Fsp3) is 0.609. The van der Waals surface area contributed by atoms with Gasteiger partial charge in [0.1, 0.15) is 5.00 Å². The number of carbonyl (C=O) groups is 3. The Bertz CT molecular complexity index is 948. The first-order chi connectivity index (χ1) is 14.9. The lowest BCUT2D eigenvalue weighted by Crippen LogP contribution is -2.41. The van der Waals surface area contributed by atoms with Crippen LogP contribution in [0.25, 0.3) is 0 Å². The van der Waals surface area contributed by atoms with E-state index in [4.69, 9.17) is 4.74 Å². The minimum Gasteiger partial charge on any atom is -0.481 e. The Morgan fingerprint density at radius 2 is 1.87 bits per heavy atom. The van der Waals surface area contributed by atoms with E-state index < -0.39 is 17.8 Å². The van der Waals surface area contributed by atoms with Gasteiger partial charge in [-0.3, -0.25) is 14.4 Å². The zero-order valence-electron chi connectivity index (χ0n) is 17.6. The third kappa shape index (κ3) is 3.59. The smallest absolute Gasteiger partial charge is 0.307 e. The molecule has 3 aliphatic carbocycles. The summed E-state index contributed by atoms with van der Waals surface area (Å²) in [4.78, 5) is 41.6. The van der Waals surface area contributed by atoms with Crippen molar-refractivity contribution in [3.63, 3.8) is 0 Å². The summed E-state index contributed by atoms with van der Waals surface area (Å²) in [5.41, 5.74) is 1.69. The van der Waals surface area contributed by atoms with E-state index >= 15 is 0 Å². The molecule has 0 spiro atoms. The number of hydrogen-bond acceptors (Lipinski definition) is 5.